The number of allylic oxidation sites excluding steroid dienone is 2. The molecule has 1 heterocycles. The van der Waals surface area contributed by atoms with E-state index in [9.17, 15) is 9.59 Å². The number of carbonyl (C=O) groups excluding carboxylic acids is 2. The van der Waals surface area contributed by atoms with Crippen molar-refractivity contribution in [3.05, 3.63) is 46.6 Å². The van der Waals surface area contributed by atoms with E-state index < -0.39 is 0 Å². The molecule has 0 bridgehead atoms. The van der Waals surface area contributed by atoms with Crippen LogP contribution in [0, 0.1) is 6.92 Å². The summed E-state index contributed by atoms with van der Waals surface area (Å²) < 4.78 is 0. The fraction of sp³-hybridized carbons (Fsp3) is 0.429. The standard InChI is InChI=1S/C21H28N2O2.2H2/c1-5-8-15(7-3)17(9-6-2)21(25)23-18-13-16-10-11-20(24)22-19(16)12-14(18)4;;/h6,9,12-13H,5,7-8,10-11H2,1-4H3,(H,22,24)(H,23,25);2*1H/b9-6-,17-15+;;. The van der Waals surface area contributed by atoms with Gasteiger partial charge in [0.2, 0.25) is 5.91 Å². The maximum absolute atomic E-state index is 12.9. The molecule has 2 amide bonds. The van der Waals surface area contributed by atoms with Crippen LogP contribution in [0.25, 0.3) is 0 Å². The summed E-state index contributed by atoms with van der Waals surface area (Å²) in [5, 5.41) is 5.97. The van der Waals surface area contributed by atoms with Crippen LogP contribution >= 0.6 is 0 Å². The number of hydrogen-bond acceptors (Lipinski definition) is 2. The topological polar surface area (TPSA) is 58.2 Å². The lowest BCUT2D eigenvalue weighted by Gasteiger charge is -2.20. The molecule has 0 aromatic heterocycles. The minimum Gasteiger partial charge on any atom is -0.326 e. The van der Waals surface area contributed by atoms with Crippen molar-refractivity contribution in [2.75, 3.05) is 10.6 Å². The van der Waals surface area contributed by atoms with Crippen molar-refractivity contribution in [1.82, 2.24) is 0 Å². The van der Waals surface area contributed by atoms with Gasteiger partial charge in [-0.2, -0.15) is 0 Å². The Kier molecular flexibility index (Phi) is 6.57. The molecule has 138 valence electrons. The molecule has 1 aromatic carbocycles. The van der Waals surface area contributed by atoms with Crippen molar-refractivity contribution in [3.63, 3.8) is 0 Å². The van der Waals surface area contributed by atoms with Gasteiger partial charge in [-0.25, -0.2) is 0 Å². The van der Waals surface area contributed by atoms with E-state index in [0.29, 0.717) is 12.8 Å². The number of carbonyl (C=O) groups is 2. The van der Waals surface area contributed by atoms with Crippen LogP contribution in [-0.2, 0) is 16.0 Å². The average Bonchev–Trinajstić information content (AvgIpc) is 2.58. The molecular weight excluding hydrogens is 312 g/mol. The second kappa shape index (κ2) is 8.65. The molecule has 1 aliphatic heterocycles. The Morgan fingerprint density at radius 1 is 1.32 bits per heavy atom. The Hall–Kier alpha value is -2.36. The van der Waals surface area contributed by atoms with Gasteiger partial charge in [-0.05, 0) is 56.4 Å². The third-order valence-electron chi connectivity index (χ3n) is 4.53. The lowest BCUT2D eigenvalue weighted by atomic mass is 9.98. The van der Waals surface area contributed by atoms with E-state index in [2.05, 4.69) is 24.5 Å². The second-order valence-electron chi connectivity index (χ2n) is 6.45. The molecular formula is C21H32N2O2. The smallest absolute Gasteiger partial charge is 0.255 e. The van der Waals surface area contributed by atoms with Crippen LogP contribution in [0.15, 0.2) is 35.4 Å². The first-order chi connectivity index (χ1) is 12.0. The molecule has 0 saturated heterocycles. The van der Waals surface area contributed by atoms with Crippen LogP contribution in [0.3, 0.4) is 0 Å². The fourth-order valence-corrected chi connectivity index (χ4v) is 3.19. The van der Waals surface area contributed by atoms with Crippen LogP contribution in [-0.4, -0.2) is 11.8 Å². The molecule has 0 saturated carbocycles. The van der Waals surface area contributed by atoms with E-state index in [0.717, 1.165) is 47.3 Å². The van der Waals surface area contributed by atoms with E-state index in [4.69, 9.17) is 0 Å². The average molecular weight is 344 g/mol. The van der Waals surface area contributed by atoms with Gasteiger partial charge in [-0.1, -0.05) is 38.0 Å². The minimum absolute atomic E-state index is 0. The van der Waals surface area contributed by atoms with E-state index in [-0.39, 0.29) is 14.7 Å². The van der Waals surface area contributed by atoms with Gasteiger partial charge < -0.3 is 10.6 Å². The van der Waals surface area contributed by atoms with E-state index in [1.807, 2.05) is 38.1 Å². The van der Waals surface area contributed by atoms with Crippen LogP contribution in [0.1, 0.15) is 60.4 Å². The zero-order chi connectivity index (χ0) is 18.4. The van der Waals surface area contributed by atoms with E-state index >= 15 is 0 Å². The van der Waals surface area contributed by atoms with Gasteiger partial charge in [-0.3, -0.25) is 9.59 Å². The van der Waals surface area contributed by atoms with E-state index in [1.54, 1.807) is 0 Å². The molecule has 0 spiro atoms. The number of hydrogen-bond donors (Lipinski definition) is 2. The van der Waals surface area contributed by atoms with E-state index in [1.165, 1.54) is 5.57 Å². The lowest BCUT2D eigenvalue weighted by Crippen LogP contribution is -2.20. The predicted molar refractivity (Wildman–Crippen MR) is 108 cm³/mol. The minimum atomic E-state index is -0.0636. The molecule has 1 aliphatic rings. The molecule has 1 aromatic rings. The van der Waals surface area contributed by atoms with Crippen molar-refractivity contribution < 1.29 is 12.4 Å². The third-order valence-corrected chi connectivity index (χ3v) is 4.53. The summed E-state index contributed by atoms with van der Waals surface area (Å²) in [6, 6.07) is 3.93. The molecule has 25 heavy (non-hydrogen) atoms. The number of fused-ring (bicyclic) bond motifs is 1. The Labute approximate surface area is 153 Å². The maximum Gasteiger partial charge on any atom is 0.255 e. The quantitative estimate of drug-likeness (QED) is 0.537. The molecule has 0 aliphatic carbocycles. The first-order valence-electron chi connectivity index (χ1n) is 9.09. The number of nitrogens with one attached hydrogen (secondary N) is 2. The normalized spacial score (nSPS) is 14.8. The van der Waals surface area contributed by atoms with Crippen molar-refractivity contribution >= 4 is 23.2 Å². The summed E-state index contributed by atoms with van der Waals surface area (Å²) in [6.07, 6.45) is 7.83. The molecule has 0 unspecified atom stereocenters. The lowest BCUT2D eigenvalue weighted by molar-refractivity contribution is -0.116. The molecule has 2 N–H and O–H groups in total. The van der Waals surface area contributed by atoms with Gasteiger partial charge in [0.15, 0.2) is 0 Å². The van der Waals surface area contributed by atoms with Crippen LogP contribution in [0.5, 0.6) is 0 Å². The van der Waals surface area contributed by atoms with Crippen molar-refractivity contribution in [2.24, 2.45) is 0 Å². The van der Waals surface area contributed by atoms with Gasteiger partial charge in [0.1, 0.15) is 0 Å². The van der Waals surface area contributed by atoms with Gasteiger partial charge >= 0.3 is 0 Å². The summed E-state index contributed by atoms with van der Waals surface area (Å²) in [5.41, 5.74) is 5.63. The SMILES string of the molecule is C/C=C\C(C(=O)Nc1cc2c(cc1C)NC(=O)CC2)=C(\CC)CCC.[HH].[HH]. The molecule has 2 rings (SSSR count). The van der Waals surface area contributed by atoms with Crippen molar-refractivity contribution in [1.29, 1.82) is 0 Å². The highest BCUT2D eigenvalue weighted by Gasteiger charge is 2.18. The number of amides is 2. The highest BCUT2D eigenvalue weighted by Crippen LogP contribution is 2.29. The summed E-state index contributed by atoms with van der Waals surface area (Å²) in [4.78, 5) is 24.4. The number of aryl methyl sites for hydroxylation is 2. The molecule has 0 radical (unpaired) electrons. The molecule has 4 heteroatoms. The zero-order valence-corrected chi connectivity index (χ0v) is 15.7. The Morgan fingerprint density at radius 3 is 2.72 bits per heavy atom. The van der Waals surface area contributed by atoms with Crippen LogP contribution in [0.2, 0.25) is 0 Å². The Bertz CT molecular complexity index is 740. The summed E-state index contributed by atoms with van der Waals surface area (Å²) >= 11 is 0. The monoisotopic (exact) mass is 344 g/mol. The van der Waals surface area contributed by atoms with Gasteiger partial charge in [0, 0.05) is 26.2 Å². The highest BCUT2D eigenvalue weighted by molar-refractivity contribution is 6.07. The van der Waals surface area contributed by atoms with Gasteiger partial charge in [0.05, 0.1) is 0 Å². The van der Waals surface area contributed by atoms with Crippen LogP contribution in [0.4, 0.5) is 11.4 Å². The van der Waals surface area contributed by atoms with Crippen molar-refractivity contribution in [2.45, 2.75) is 59.8 Å². The first-order valence-corrected chi connectivity index (χ1v) is 9.09. The van der Waals surface area contributed by atoms with Crippen LogP contribution < -0.4 is 10.6 Å². The maximum atomic E-state index is 12.9. The molecule has 0 atom stereocenters. The highest BCUT2D eigenvalue weighted by atomic mass is 16.2. The zero-order valence-electron chi connectivity index (χ0n) is 15.7. The number of benzene rings is 1. The largest absolute Gasteiger partial charge is 0.326 e. The van der Waals surface area contributed by atoms with Gasteiger partial charge in [0.25, 0.3) is 5.91 Å². The summed E-state index contributed by atoms with van der Waals surface area (Å²) in [6.45, 7) is 8.10. The molecule has 4 nitrogen and oxygen atoms in total. The summed E-state index contributed by atoms with van der Waals surface area (Å²) in [5.74, 6) is -0.0135. The number of rotatable bonds is 6. The second-order valence-corrected chi connectivity index (χ2v) is 6.45. The van der Waals surface area contributed by atoms with Crippen molar-refractivity contribution in [3.8, 4) is 0 Å². The summed E-state index contributed by atoms with van der Waals surface area (Å²) in [7, 11) is 0. The number of anilines is 2. The fourth-order valence-electron chi connectivity index (χ4n) is 3.19. The predicted octanol–water partition coefficient (Wildman–Crippen LogP) is 5.39. The van der Waals surface area contributed by atoms with Gasteiger partial charge in [-0.15, -0.1) is 0 Å². The first kappa shape index (κ1) is 19.0. The third kappa shape index (κ3) is 4.59. The molecule has 0 fully saturated rings. The Balaban J connectivity index is 0.00000338. The Morgan fingerprint density at radius 2 is 2.08 bits per heavy atom.